The van der Waals surface area contributed by atoms with E-state index in [0.717, 1.165) is 24.5 Å². The number of hydrogen-bond acceptors (Lipinski definition) is 5. The first-order valence-electron chi connectivity index (χ1n) is 7.96. The number of ether oxygens (including phenoxy) is 1. The fourth-order valence-corrected chi connectivity index (χ4v) is 3.88. The monoisotopic (exact) mass is 292 g/mol. The smallest absolute Gasteiger partial charge is 0.323 e. The first kappa shape index (κ1) is 14.5. The zero-order valence-corrected chi connectivity index (χ0v) is 12.8. The molecule has 1 saturated heterocycles. The minimum atomic E-state index is -0.127. The number of nitrogens with zero attached hydrogens (tertiary/aromatic N) is 3. The SMILES string of the molecule is CCc1n[nH]c(CN2[C@@H]3CCCC[C@@H]3C[C@H]2C(=O)OC)n1. The average Bonchev–Trinajstić information content (AvgIpc) is 3.12. The Kier molecular flexibility index (Phi) is 4.24. The van der Waals surface area contributed by atoms with Crippen molar-refractivity contribution < 1.29 is 9.53 Å². The van der Waals surface area contributed by atoms with Crippen LogP contribution in [0.1, 0.15) is 50.7 Å². The van der Waals surface area contributed by atoms with Crippen LogP contribution >= 0.6 is 0 Å². The molecule has 2 heterocycles. The number of esters is 1. The molecular formula is C15H24N4O2. The van der Waals surface area contributed by atoms with E-state index < -0.39 is 0 Å². The number of likely N-dealkylation sites (tertiary alicyclic amines) is 1. The average molecular weight is 292 g/mol. The normalized spacial score (nSPS) is 29.3. The third kappa shape index (κ3) is 2.81. The Hall–Kier alpha value is -1.43. The molecule has 0 aromatic carbocycles. The van der Waals surface area contributed by atoms with E-state index in [4.69, 9.17) is 4.74 Å². The quantitative estimate of drug-likeness (QED) is 0.855. The summed E-state index contributed by atoms with van der Waals surface area (Å²) in [5, 5.41) is 7.19. The summed E-state index contributed by atoms with van der Waals surface area (Å²) in [4.78, 5) is 18.9. The third-order valence-corrected chi connectivity index (χ3v) is 4.92. The molecule has 0 bridgehead atoms. The number of carbonyl (C=O) groups excluding carboxylic acids is 1. The van der Waals surface area contributed by atoms with Crippen molar-refractivity contribution in [2.75, 3.05) is 7.11 Å². The number of aromatic nitrogens is 3. The minimum Gasteiger partial charge on any atom is -0.468 e. The van der Waals surface area contributed by atoms with Crippen LogP contribution in [-0.2, 0) is 22.5 Å². The minimum absolute atomic E-state index is 0.111. The number of hydrogen-bond donors (Lipinski definition) is 1. The molecule has 3 atom stereocenters. The predicted octanol–water partition coefficient (Wildman–Crippen LogP) is 1.67. The molecule has 0 unspecified atom stereocenters. The van der Waals surface area contributed by atoms with Crippen molar-refractivity contribution in [3.63, 3.8) is 0 Å². The summed E-state index contributed by atoms with van der Waals surface area (Å²) in [5.41, 5.74) is 0. The van der Waals surface area contributed by atoms with E-state index in [9.17, 15) is 4.79 Å². The molecule has 2 fully saturated rings. The first-order valence-corrected chi connectivity index (χ1v) is 7.96. The van der Waals surface area contributed by atoms with Crippen molar-refractivity contribution in [3.05, 3.63) is 11.6 Å². The van der Waals surface area contributed by atoms with Crippen LogP contribution in [0, 0.1) is 5.92 Å². The number of methoxy groups -OCH3 is 1. The van der Waals surface area contributed by atoms with Gasteiger partial charge in [-0.25, -0.2) is 4.98 Å². The van der Waals surface area contributed by atoms with Crippen LogP contribution in [0.25, 0.3) is 0 Å². The van der Waals surface area contributed by atoms with Crippen LogP contribution in [-0.4, -0.2) is 45.2 Å². The van der Waals surface area contributed by atoms with Crippen LogP contribution in [0.5, 0.6) is 0 Å². The van der Waals surface area contributed by atoms with Crippen LogP contribution < -0.4 is 0 Å². The van der Waals surface area contributed by atoms with Crippen molar-refractivity contribution in [2.45, 2.75) is 64.1 Å². The number of fused-ring (bicyclic) bond motifs is 1. The van der Waals surface area contributed by atoms with Gasteiger partial charge < -0.3 is 4.74 Å². The lowest BCUT2D eigenvalue weighted by Crippen LogP contribution is -2.42. The zero-order valence-electron chi connectivity index (χ0n) is 12.8. The maximum absolute atomic E-state index is 12.1. The molecule has 6 heteroatoms. The topological polar surface area (TPSA) is 71.1 Å². The highest BCUT2D eigenvalue weighted by Crippen LogP contribution is 2.40. The lowest BCUT2D eigenvalue weighted by atomic mass is 9.85. The van der Waals surface area contributed by atoms with Gasteiger partial charge in [0.2, 0.25) is 0 Å². The van der Waals surface area contributed by atoms with Crippen molar-refractivity contribution in [1.82, 2.24) is 20.1 Å². The third-order valence-electron chi connectivity index (χ3n) is 4.92. The van der Waals surface area contributed by atoms with Crippen molar-refractivity contribution in [1.29, 1.82) is 0 Å². The first-order chi connectivity index (χ1) is 10.2. The zero-order chi connectivity index (χ0) is 14.8. The molecule has 1 aliphatic carbocycles. The number of aromatic amines is 1. The molecule has 21 heavy (non-hydrogen) atoms. The summed E-state index contributed by atoms with van der Waals surface area (Å²) in [6.45, 7) is 2.70. The number of carbonyl (C=O) groups is 1. The van der Waals surface area contributed by atoms with Gasteiger partial charge >= 0.3 is 5.97 Å². The Morgan fingerprint density at radius 1 is 1.43 bits per heavy atom. The molecule has 1 N–H and O–H groups in total. The van der Waals surface area contributed by atoms with E-state index in [2.05, 4.69) is 20.1 Å². The number of nitrogens with one attached hydrogen (secondary N) is 1. The van der Waals surface area contributed by atoms with Crippen molar-refractivity contribution in [2.24, 2.45) is 5.92 Å². The Morgan fingerprint density at radius 3 is 2.95 bits per heavy atom. The number of H-pyrrole nitrogens is 1. The van der Waals surface area contributed by atoms with Gasteiger partial charge in [0.15, 0.2) is 0 Å². The molecule has 0 spiro atoms. The van der Waals surface area contributed by atoms with Gasteiger partial charge in [0.05, 0.1) is 13.7 Å². The van der Waals surface area contributed by atoms with Gasteiger partial charge in [-0.05, 0) is 25.2 Å². The summed E-state index contributed by atoms with van der Waals surface area (Å²) >= 11 is 0. The molecule has 6 nitrogen and oxygen atoms in total. The highest BCUT2D eigenvalue weighted by Gasteiger charge is 2.45. The van der Waals surface area contributed by atoms with Crippen molar-refractivity contribution in [3.8, 4) is 0 Å². The molecule has 1 aliphatic heterocycles. The highest BCUT2D eigenvalue weighted by molar-refractivity contribution is 5.76. The molecule has 1 aromatic heterocycles. The fourth-order valence-electron chi connectivity index (χ4n) is 3.88. The Labute approximate surface area is 125 Å². The van der Waals surface area contributed by atoms with Crippen LogP contribution in [0.15, 0.2) is 0 Å². The molecule has 2 aliphatic rings. The lowest BCUT2D eigenvalue weighted by Gasteiger charge is -2.32. The maximum Gasteiger partial charge on any atom is 0.323 e. The maximum atomic E-state index is 12.1. The second kappa shape index (κ2) is 6.13. The van der Waals surface area contributed by atoms with E-state index in [0.29, 0.717) is 18.5 Å². The standard InChI is InChI=1S/C15H24N4O2/c1-3-13-16-14(18-17-13)9-19-11-7-5-4-6-10(11)8-12(19)15(20)21-2/h10-12H,3-9H2,1-2H3,(H,16,17,18)/t10-,11-,12+/m1/s1. The largest absolute Gasteiger partial charge is 0.468 e. The Balaban J connectivity index is 1.78. The molecule has 0 radical (unpaired) electrons. The van der Waals surface area contributed by atoms with Gasteiger partial charge in [-0.3, -0.25) is 14.8 Å². The van der Waals surface area contributed by atoms with E-state index in [-0.39, 0.29) is 12.0 Å². The summed E-state index contributed by atoms with van der Waals surface area (Å²) in [6, 6.07) is 0.358. The molecule has 116 valence electrons. The van der Waals surface area contributed by atoms with Crippen molar-refractivity contribution >= 4 is 5.97 Å². The van der Waals surface area contributed by atoms with Gasteiger partial charge in [0.1, 0.15) is 17.7 Å². The van der Waals surface area contributed by atoms with Crippen LogP contribution in [0.3, 0.4) is 0 Å². The van der Waals surface area contributed by atoms with E-state index in [1.165, 1.54) is 32.8 Å². The number of rotatable bonds is 4. The van der Waals surface area contributed by atoms with Gasteiger partial charge in [0.25, 0.3) is 0 Å². The fraction of sp³-hybridized carbons (Fsp3) is 0.800. The molecule has 1 aromatic rings. The summed E-state index contributed by atoms with van der Waals surface area (Å²) in [6.07, 6.45) is 6.68. The Bertz CT molecular complexity index is 502. The van der Waals surface area contributed by atoms with Gasteiger partial charge in [-0.2, -0.15) is 5.10 Å². The van der Waals surface area contributed by atoms with Crippen LogP contribution in [0.4, 0.5) is 0 Å². The van der Waals surface area contributed by atoms with Crippen LogP contribution in [0.2, 0.25) is 0 Å². The molecular weight excluding hydrogens is 268 g/mol. The molecule has 0 amide bonds. The van der Waals surface area contributed by atoms with E-state index >= 15 is 0 Å². The summed E-state index contributed by atoms with van der Waals surface area (Å²) in [5.74, 6) is 2.20. The lowest BCUT2D eigenvalue weighted by molar-refractivity contribution is -0.146. The Morgan fingerprint density at radius 2 is 2.24 bits per heavy atom. The summed E-state index contributed by atoms with van der Waals surface area (Å²) < 4.78 is 5.01. The second-order valence-corrected chi connectivity index (χ2v) is 6.11. The second-order valence-electron chi connectivity index (χ2n) is 6.11. The number of aryl methyl sites for hydroxylation is 1. The van der Waals surface area contributed by atoms with Gasteiger partial charge in [-0.15, -0.1) is 0 Å². The van der Waals surface area contributed by atoms with Gasteiger partial charge in [-0.1, -0.05) is 19.8 Å². The van der Waals surface area contributed by atoms with E-state index in [1.54, 1.807) is 0 Å². The highest BCUT2D eigenvalue weighted by atomic mass is 16.5. The molecule has 1 saturated carbocycles. The summed E-state index contributed by atoms with van der Waals surface area (Å²) in [7, 11) is 1.48. The molecule has 3 rings (SSSR count). The predicted molar refractivity (Wildman–Crippen MR) is 77.5 cm³/mol. The van der Waals surface area contributed by atoms with E-state index in [1.807, 2.05) is 6.92 Å². The van der Waals surface area contributed by atoms with Gasteiger partial charge in [0, 0.05) is 12.5 Å².